The third kappa shape index (κ3) is 3.20. The van der Waals surface area contributed by atoms with Crippen molar-refractivity contribution in [2.24, 2.45) is 13.0 Å². The molecule has 0 spiro atoms. The lowest BCUT2D eigenvalue weighted by atomic mass is 10.2. The maximum atomic E-state index is 11.8. The van der Waals surface area contributed by atoms with Crippen LogP contribution in [0.1, 0.15) is 12.7 Å². The first-order valence-corrected chi connectivity index (χ1v) is 6.94. The van der Waals surface area contributed by atoms with Crippen LogP contribution >= 0.6 is 11.6 Å². The Morgan fingerprint density at radius 1 is 1.62 bits per heavy atom. The third-order valence-electron chi connectivity index (χ3n) is 2.25. The molecule has 1 rings (SSSR count). The van der Waals surface area contributed by atoms with Gasteiger partial charge in [-0.1, -0.05) is 6.92 Å². The summed E-state index contributed by atoms with van der Waals surface area (Å²) in [5, 5.41) is 0.0503. The predicted octanol–water partition coefficient (Wildman–Crippen LogP) is 0.882. The quantitative estimate of drug-likeness (QED) is 0.804. The summed E-state index contributed by atoms with van der Waals surface area (Å²) in [6.07, 6.45) is 1.49. The summed E-state index contributed by atoms with van der Waals surface area (Å²) < 4.78 is 27.7. The lowest BCUT2D eigenvalue weighted by Crippen LogP contribution is -2.29. The minimum Gasteiger partial charge on any atom is -0.337 e. The number of rotatable bonds is 5. The second kappa shape index (κ2) is 5.16. The van der Waals surface area contributed by atoms with E-state index >= 15 is 0 Å². The molecule has 0 aromatic carbocycles. The Hall–Kier alpha value is -0.590. The van der Waals surface area contributed by atoms with Gasteiger partial charge in [-0.25, -0.2) is 18.1 Å². The number of hydrogen-bond acceptors (Lipinski definition) is 3. The molecule has 0 aliphatic carbocycles. The summed E-state index contributed by atoms with van der Waals surface area (Å²) in [6, 6.07) is 0. The number of nitrogens with zero attached hydrogens (tertiary/aromatic N) is 2. The molecule has 16 heavy (non-hydrogen) atoms. The second-order valence-electron chi connectivity index (χ2n) is 3.85. The fraction of sp³-hybridized carbons (Fsp3) is 0.667. The summed E-state index contributed by atoms with van der Waals surface area (Å²) in [5.74, 6) is 1.18. The smallest absolute Gasteiger partial charge is 0.259 e. The van der Waals surface area contributed by atoms with Crippen LogP contribution in [0, 0.1) is 12.8 Å². The highest BCUT2D eigenvalue weighted by molar-refractivity contribution is 7.89. The molecule has 92 valence electrons. The van der Waals surface area contributed by atoms with Gasteiger partial charge in [-0.3, -0.25) is 0 Å². The molecule has 1 heterocycles. The van der Waals surface area contributed by atoms with Gasteiger partial charge in [0, 0.05) is 25.7 Å². The molecule has 0 bridgehead atoms. The van der Waals surface area contributed by atoms with E-state index < -0.39 is 10.0 Å². The van der Waals surface area contributed by atoms with E-state index in [-0.39, 0.29) is 10.9 Å². The van der Waals surface area contributed by atoms with E-state index in [2.05, 4.69) is 9.71 Å². The molecule has 5 nitrogen and oxygen atoms in total. The van der Waals surface area contributed by atoms with Gasteiger partial charge in [0.25, 0.3) is 10.0 Å². The molecule has 0 saturated heterocycles. The van der Waals surface area contributed by atoms with Crippen LogP contribution in [0.25, 0.3) is 0 Å². The number of nitrogens with one attached hydrogen (secondary N) is 1. The number of aryl methyl sites for hydroxylation is 2. The Balaban J connectivity index is 2.78. The van der Waals surface area contributed by atoms with E-state index in [1.807, 2.05) is 6.92 Å². The van der Waals surface area contributed by atoms with Crippen LogP contribution < -0.4 is 4.72 Å². The predicted molar refractivity (Wildman–Crippen MR) is 63.0 cm³/mol. The van der Waals surface area contributed by atoms with Crippen LogP contribution in [0.4, 0.5) is 0 Å². The summed E-state index contributed by atoms with van der Waals surface area (Å²) in [7, 11) is -1.75. The van der Waals surface area contributed by atoms with Gasteiger partial charge in [0.2, 0.25) is 0 Å². The fourth-order valence-electron chi connectivity index (χ4n) is 1.04. The van der Waals surface area contributed by atoms with Crippen LogP contribution in [0.5, 0.6) is 0 Å². The first-order valence-electron chi connectivity index (χ1n) is 4.92. The minimum atomic E-state index is -3.51. The molecule has 0 aliphatic rings. The largest absolute Gasteiger partial charge is 0.337 e. The Kier molecular flexibility index (Phi) is 4.35. The lowest BCUT2D eigenvalue weighted by Gasteiger charge is -2.08. The monoisotopic (exact) mass is 265 g/mol. The summed E-state index contributed by atoms with van der Waals surface area (Å²) in [5.41, 5.74) is 0. The number of aromatic nitrogens is 2. The average Bonchev–Trinajstić information content (AvgIpc) is 2.56. The van der Waals surface area contributed by atoms with Gasteiger partial charge < -0.3 is 4.57 Å². The molecule has 1 aromatic heterocycles. The van der Waals surface area contributed by atoms with Crippen LogP contribution in [0.3, 0.4) is 0 Å². The molecule has 7 heteroatoms. The van der Waals surface area contributed by atoms with E-state index in [0.29, 0.717) is 18.2 Å². The molecule has 0 amide bonds. The minimum absolute atomic E-state index is 0.0503. The summed E-state index contributed by atoms with van der Waals surface area (Å²) in [6.45, 7) is 3.95. The first kappa shape index (κ1) is 13.5. The van der Waals surface area contributed by atoms with E-state index in [0.717, 1.165) is 0 Å². The Morgan fingerprint density at radius 3 is 2.69 bits per heavy atom. The molecular weight excluding hydrogens is 250 g/mol. The van der Waals surface area contributed by atoms with Crippen molar-refractivity contribution in [1.82, 2.24) is 14.3 Å². The molecular formula is C9H16ClN3O2S. The van der Waals surface area contributed by atoms with Crippen molar-refractivity contribution in [3.63, 3.8) is 0 Å². The van der Waals surface area contributed by atoms with Crippen molar-refractivity contribution in [3.05, 3.63) is 12.0 Å². The zero-order valence-electron chi connectivity index (χ0n) is 9.57. The zero-order valence-corrected chi connectivity index (χ0v) is 11.1. The van der Waals surface area contributed by atoms with Crippen molar-refractivity contribution in [2.45, 2.75) is 18.9 Å². The van der Waals surface area contributed by atoms with E-state index in [4.69, 9.17) is 11.6 Å². The van der Waals surface area contributed by atoms with Gasteiger partial charge in [-0.05, 0) is 12.8 Å². The number of imidazole rings is 1. The van der Waals surface area contributed by atoms with Gasteiger partial charge in [-0.2, -0.15) is 0 Å². The van der Waals surface area contributed by atoms with E-state index in [9.17, 15) is 8.42 Å². The van der Waals surface area contributed by atoms with Crippen molar-refractivity contribution < 1.29 is 8.42 Å². The highest BCUT2D eigenvalue weighted by Gasteiger charge is 2.18. The number of sulfonamides is 1. The second-order valence-corrected chi connectivity index (χ2v) is 5.87. The van der Waals surface area contributed by atoms with Crippen molar-refractivity contribution in [1.29, 1.82) is 0 Å². The normalized spacial score (nSPS) is 14.0. The van der Waals surface area contributed by atoms with Crippen molar-refractivity contribution in [3.8, 4) is 0 Å². The topological polar surface area (TPSA) is 64.0 Å². The summed E-state index contributed by atoms with van der Waals surface area (Å²) in [4.78, 5) is 3.97. The van der Waals surface area contributed by atoms with Gasteiger partial charge in [-0.15, -0.1) is 11.6 Å². The highest BCUT2D eigenvalue weighted by Crippen LogP contribution is 2.08. The molecule has 0 fully saturated rings. The Morgan fingerprint density at radius 2 is 2.25 bits per heavy atom. The molecule has 1 aromatic rings. The molecule has 0 saturated carbocycles. The Labute approximate surface area is 101 Å². The molecule has 1 atom stereocenters. The maximum absolute atomic E-state index is 11.8. The SMILES string of the molecule is Cc1nc(S(=O)(=O)NCC(C)CCl)cn1C. The zero-order chi connectivity index (χ0) is 12.3. The van der Waals surface area contributed by atoms with Crippen LogP contribution in [0.2, 0.25) is 0 Å². The number of halogens is 1. The van der Waals surface area contributed by atoms with Crippen LogP contribution in [-0.4, -0.2) is 30.4 Å². The van der Waals surface area contributed by atoms with E-state index in [1.165, 1.54) is 6.20 Å². The number of alkyl halides is 1. The highest BCUT2D eigenvalue weighted by atomic mass is 35.5. The Bertz CT molecular complexity index is 436. The van der Waals surface area contributed by atoms with Gasteiger partial charge >= 0.3 is 0 Å². The maximum Gasteiger partial charge on any atom is 0.259 e. The van der Waals surface area contributed by atoms with Crippen molar-refractivity contribution >= 4 is 21.6 Å². The van der Waals surface area contributed by atoms with Crippen LogP contribution in [0.15, 0.2) is 11.2 Å². The molecule has 0 aliphatic heterocycles. The summed E-state index contributed by atoms with van der Waals surface area (Å²) >= 11 is 5.60. The third-order valence-corrected chi connectivity index (χ3v) is 4.07. The standard InChI is InChI=1S/C9H16ClN3O2S/c1-7(4-10)5-11-16(14,15)9-6-13(3)8(2)12-9/h6-7,11H,4-5H2,1-3H3. The van der Waals surface area contributed by atoms with Crippen LogP contribution in [-0.2, 0) is 17.1 Å². The fourth-order valence-corrected chi connectivity index (χ4v) is 2.35. The van der Waals surface area contributed by atoms with Gasteiger partial charge in [0.15, 0.2) is 5.03 Å². The van der Waals surface area contributed by atoms with Gasteiger partial charge in [0.05, 0.1) is 0 Å². The molecule has 1 unspecified atom stereocenters. The first-order chi connectivity index (χ1) is 7.36. The number of hydrogen-bond donors (Lipinski definition) is 1. The average molecular weight is 266 g/mol. The van der Waals surface area contributed by atoms with Gasteiger partial charge in [0.1, 0.15) is 5.82 Å². The molecule has 1 N–H and O–H groups in total. The van der Waals surface area contributed by atoms with Crippen molar-refractivity contribution in [2.75, 3.05) is 12.4 Å². The van der Waals surface area contributed by atoms with E-state index in [1.54, 1.807) is 18.5 Å². The lowest BCUT2D eigenvalue weighted by molar-refractivity contribution is 0.559. The molecule has 0 radical (unpaired) electrons.